The third-order valence-electron chi connectivity index (χ3n) is 3.94. The molecule has 3 aromatic carbocycles. The number of benzene rings is 3. The Hall–Kier alpha value is -2.85. The summed E-state index contributed by atoms with van der Waals surface area (Å²) >= 11 is 1.67. The molecular weight excluding hydrogens is 354 g/mol. The molecule has 0 saturated carbocycles. The van der Waals surface area contributed by atoms with Gasteiger partial charge in [-0.15, -0.1) is 0 Å². The van der Waals surface area contributed by atoms with Gasteiger partial charge in [0.2, 0.25) is 5.78 Å². The third-order valence-corrected chi connectivity index (χ3v) is 4.96. The zero-order valence-corrected chi connectivity index (χ0v) is 16.0. The SMILES string of the molecule is CCC(=NOCc1ccccc1)C(=O)c1ccc(Sc2ccccc2)cc1. The van der Waals surface area contributed by atoms with Crippen molar-refractivity contribution in [3.8, 4) is 0 Å². The Morgan fingerprint density at radius 2 is 1.44 bits per heavy atom. The molecule has 0 aliphatic rings. The van der Waals surface area contributed by atoms with Crippen molar-refractivity contribution in [3.63, 3.8) is 0 Å². The van der Waals surface area contributed by atoms with Gasteiger partial charge in [0.25, 0.3) is 0 Å². The fraction of sp³-hybridized carbons (Fsp3) is 0.130. The number of nitrogens with zero attached hydrogens (tertiary/aromatic N) is 1. The van der Waals surface area contributed by atoms with Crippen LogP contribution in [0, 0.1) is 0 Å². The normalized spacial score (nSPS) is 11.2. The van der Waals surface area contributed by atoms with E-state index in [1.165, 1.54) is 4.90 Å². The topological polar surface area (TPSA) is 38.7 Å². The van der Waals surface area contributed by atoms with Crippen molar-refractivity contribution in [2.45, 2.75) is 29.7 Å². The van der Waals surface area contributed by atoms with Gasteiger partial charge in [0.15, 0.2) is 0 Å². The highest BCUT2D eigenvalue weighted by Crippen LogP contribution is 2.27. The molecule has 0 atom stereocenters. The number of rotatable bonds is 8. The first-order valence-corrected chi connectivity index (χ1v) is 9.68. The van der Waals surface area contributed by atoms with Crippen LogP contribution in [-0.2, 0) is 11.4 Å². The summed E-state index contributed by atoms with van der Waals surface area (Å²) in [5.41, 5.74) is 2.07. The van der Waals surface area contributed by atoms with Gasteiger partial charge in [-0.05, 0) is 48.4 Å². The Labute approximate surface area is 164 Å². The summed E-state index contributed by atoms with van der Waals surface area (Å²) in [4.78, 5) is 20.3. The molecule has 0 spiro atoms. The molecule has 3 aromatic rings. The molecule has 0 radical (unpaired) electrons. The molecule has 0 aliphatic carbocycles. The lowest BCUT2D eigenvalue weighted by molar-refractivity contribution is 0.103. The summed E-state index contributed by atoms with van der Waals surface area (Å²) in [6.07, 6.45) is 0.522. The summed E-state index contributed by atoms with van der Waals surface area (Å²) < 4.78 is 0. The number of hydrogen-bond acceptors (Lipinski definition) is 4. The molecule has 27 heavy (non-hydrogen) atoms. The van der Waals surface area contributed by atoms with E-state index >= 15 is 0 Å². The zero-order chi connectivity index (χ0) is 18.9. The molecule has 0 unspecified atom stereocenters. The van der Waals surface area contributed by atoms with Gasteiger partial charge < -0.3 is 4.84 Å². The first-order valence-electron chi connectivity index (χ1n) is 8.86. The Balaban J connectivity index is 1.63. The van der Waals surface area contributed by atoms with Gasteiger partial charge in [-0.2, -0.15) is 0 Å². The molecule has 0 aliphatic heterocycles. The van der Waals surface area contributed by atoms with Gasteiger partial charge in [0.1, 0.15) is 12.3 Å². The van der Waals surface area contributed by atoms with Crippen molar-refractivity contribution in [2.75, 3.05) is 0 Å². The summed E-state index contributed by atoms with van der Waals surface area (Å²) in [6, 6.07) is 27.5. The summed E-state index contributed by atoms with van der Waals surface area (Å²) in [7, 11) is 0. The molecule has 3 nitrogen and oxygen atoms in total. The van der Waals surface area contributed by atoms with Crippen molar-refractivity contribution in [1.82, 2.24) is 0 Å². The predicted octanol–water partition coefficient (Wildman–Crippen LogP) is 6.00. The molecule has 0 saturated heterocycles. The molecule has 0 amide bonds. The van der Waals surface area contributed by atoms with E-state index in [0.717, 1.165) is 10.5 Å². The van der Waals surface area contributed by atoms with Crippen LogP contribution in [0.4, 0.5) is 0 Å². The summed E-state index contributed by atoms with van der Waals surface area (Å²) in [5.74, 6) is -0.0955. The number of Topliss-reactive ketones (excluding diaryl/α,β-unsaturated/α-hetero) is 1. The van der Waals surface area contributed by atoms with E-state index in [0.29, 0.717) is 24.3 Å². The Morgan fingerprint density at radius 3 is 2.07 bits per heavy atom. The summed E-state index contributed by atoms with van der Waals surface area (Å²) in [5, 5.41) is 4.07. The molecule has 3 rings (SSSR count). The van der Waals surface area contributed by atoms with Crippen LogP contribution in [-0.4, -0.2) is 11.5 Å². The van der Waals surface area contributed by atoms with Crippen LogP contribution in [0.1, 0.15) is 29.3 Å². The first-order chi connectivity index (χ1) is 13.3. The quantitative estimate of drug-likeness (QED) is 0.275. The van der Waals surface area contributed by atoms with Crippen molar-refractivity contribution in [1.29, 1.82) is 0 Å². The lowest BCUT2D eigenvalue weighted by atomic mass is 10.1. The van der Waals surface area contributed by atoms with Crippen LogP contribution in [0.3, 0.4) is 0 Å². The minimum atomic E-state index is -0.0955. The molecule has 0 heterocycles. The summed E-state index contributed by atoms with van der Waals surface area (Å²) in [6.45, 7) is 2.26. The smallest absolute Gasteiger partial charge is 0.210 e. The Kier molecular flexibility index (Phi) is 6.83. The highest BCUT2D eigenvalue weighted by molar-refractivity contribution is 7.99. The standard InChI is InChI=1S/C23H21NO2S/c1-2-22(24-26-17-18-9-5-3-6-10-18)23(25)19-13-15-21(16-14-19)27-20-11-7-4-8-12-20/h3-16H,2,17H2,1H3. The van der Waals surface area contributed by atoms with Crippen molar-refractivity contribution < 1.29 is 9.63 Å². The maximum Gasteiger partial charge on any atom is 0.210 e. The minimum Gasteiger partial charge on any atom is -0.391 e. The predicted molar refractivity (Wildman–Crippen MR) is 110 cm³/mol. The number of carbonyl (C=O) groups excluding carboxylic acids is 1. The lowest BCUT2D eigenvalue weighted by Gasteiger charge is -2.06. The van der Waals surface area contributed by atoms with Crippen LogP contribution < -0.4 is 0 Å². The number of ketones is 1. The van der Waals surface area contributed by atoms with Crippen molar-refractivity contribution >= 4 is 23.3 Å². The average molecular weight is 375 g/mol. The van der Waals surface area contributed by atoms with Gasteiger partial charge in [-0.25, -0.2) is 0 Å². The van der Waals surface area contributed by atoms with Gasteiger partial charge in [0.05, 0.1) is 0 Å². The van der Waals surface area contributed by atoms with Crippen molar-refractivity contribution in [3.05, 3.63) is 96.1 Å². The monoisotopic (exact) mass is 375 g/mol. The third kappa shape index (κ3) is 5.56. The highest BCUT2D eigenvalue weighted by Gasteiger charge is 2.13. The minimum absolute atomic E-state index is 0.0955. The molecule has 136 valence electrons. The molecule has 0 aromatic heterocycles. The maximum atomic E-state index is 12.7. The Bertz CT molecular complexity index is 891. The van der Waals surface area contributed by atoms with Gasteiger partial charge >= 0.3 is 0 Å². The van der Waals surface area contributed by atoms with Gasteiger partial charge in [0, 0.05) is 15.4 Å². The van der Waals surface area contributed by atoms with Crippen LogP contribution in [0.15, 0.2) is 99.9 Å². The van der Waals surface area contributed by atoms with E-state index in [-0.39, 0.29) is 5.78 Å². The molecule has 4 heteroatoms. The number of carbonyl (C=O) groups is 1. The molecular formula is C23H21NO2S. The molecule has 0 fully saturated rings. The Morgan fingerprint density at radius 1 is 0.852 bits per heavy atom. The molecule has 0 bridgehead atoms. The maximum absolute atomic E-state index is 12.7. The highest BCUT2D eigenvalue weighted by atomic mass is 32.2. The average Bonchev–Trinajstić information content (AvgIpc) is 2.73. The zero-order valence-electron chi connectivity index (χ0n) is 15.2. The van der Waals surface area contributed by atoms with E-state index in [9.17, 15) is 4.79 Å². The number of oxime groups is 1. The van der Waals surface area contributed by atoms with Gasteiger partial charge in [-0.1, -0.05) is 72.4 Å². The first kappa shape index (κ1) is 18.9. The van der Waals surface area contributed by atoms with E-state index < -0.39 is 0 Å². The van der Waals surface area contributed by atoms with Crippen molar-refractivity contribution in [2.24, 2.45) is 5.16 Å². The second-order valence-electron chi connectivity index (χ2n) is 5.92. The van der Waals surface area contributed by atoms with Crippen LogP contribution in [0.2, 0.25) is 0 Å². The van der Waals surface area contributed by atoms with E-state index in [1.54, 1.807) is 11.8 Å². The van der Waals surface area contributed by atoms with E-state index in [2.05, 4.69) is 17.3 Å². The largest absolute Gasteiger partial charge is 0.391 e. The fourth-order valence-electron chi connectivity index (χ4n) is 2.49. The second kappa shape index (κ2) is 9.74. The van der Waals surface area contributed by atoms with Crippen LogP contribution in [0.25, 0.3) is 0 Å². The van der Waals surface area contributed by atoms with Crippen LogP contribution in [0.5, 0.6) is 0 Å². The van der Waals surface area contributed by atoms with Gasteiger partial charge in [-0.3, -0.25) is 4.79 Å². The van der Waals surface area contributed by atoms with E-state index in [4.69, 9.17) is 4.84 Å². The van der Waals surface area contributed by atoms with Crippen LogP contribution >= 0.6 is 11.8 Å². The number of hydrogen-bond donors (Lipinski definition) is 0. The fourth-order valence-corrected chi connectivity index (χ4v) is 3.33. The molecule has 0 N–H and O–H groups in total. The second-order valence-corrected chi connectivity index (χ2v) is 7.07. The lowest BCUT2D eigenvalue weighted by Crippen LogP contribution is -2.14. The van der Waals surface area contributed by atoms with E-state index in [1.807, 2.05) is 79.7 Å².